The summed E-state index contributed by atoms with van der Waals surface area (Å²) in [6, 6.07) is -0.352. The van der Waals surface area contributed by atoms with E-state index in [9.17, 15) is 4.79 Å². The van der Waals surface area contributed by atoms with Gasteiger partial charge < -0.3 is 15.8 Å². The molecule has 0 spiro atoms. The van der Waals surface area contributed by atoms with Gasteiger partial charge >= 0.3 is 0 Å². The maximum Gasteiger partial charge on any atom is 0.203 e. The fourth-order valence-corrected chi connectivity index (χ4v) is 1.59. The van der Waals surface area contributed by atoms with Crippen LogP contribution in [-0.2, 0) is 9.53 Å². The van der Waals surface area contributed by atoms with Crippen molar-refractivity contribution in [2.45, 2.75) is 25.5 Å². The third-order valence-corrected chi connectivity index (χ3v) is 2.31. The van der Waals surface area contributed by atoms with Crippen LogP contribution in [0.25, 0.3) is 0 Å². The molecule has 1 fully saturated rings. The van der Waals surface area contributed by atoms with Gasteiger partial charge in [-0.05, 0) is 18.7 Å². The van der Waals surface area contributed by atoms with Crippen molar-refractivity contribution in [3.8, 4) is 0 Å². The Bertz CT molecular complexity index is 307. The maximum atomic E-state index is 11.6. The van der Waals surface area contributed by atoms with E-state index < -0.39 is 0 Å². The highest BCUT2D eigenvalue weighted by atomic mass is 16.5. The monoisotopic (exact) mass is 180 g/mol. The molecule has 0 aromatic rings. The number of ether oxygens (including phenoxy) is 1. The zero-order valence-electron chi connectivity index (χ0n) is 7.41. The second-order valence-electron chi connectivity index (χ2n) is 3.17. The van der Waals surface area contributed by atoms with Gasteiger partial charge in [-0.2, -0.15) is 0 Å². The molecule has 0 amide bonds. The molecule has 3 N–H and O–H groups in total. The lowest BCUT2D eigenvalue weighted by Gasteiger charge is -2.14. The van der Waals surface area contributed by atoms with E-state index in [1.165, 1.54) is 0 Å². The van der Waals surface area contributed by atoms with E-state index in [1.807, 2.05) is 6.92 Å². The van der Waals surface area contributed by atoms with E-state index in [0.717, 1.165) is 0 Å². The van der Waals surface area contributed by atoms with Crippen LogP contribution in [0.4, 0.5) is 0 Å². The molecule has 70 valence electrons. The number of Topliss-reactive ketones (excluding diaryl/α,β-unsaturated/α-hetero) is 1. The van der Waals surface area contributed by atoms with Gasteiger partial charge in [-0.25, -0.2) is 0 Å². The lowest BCUT2D eigenvalue weighted by molar-refractivity contribution is -0.123. The van der Waals surface area contributed by atoms with Crippen LogP contribution in [0.1, 0.15) is 13.3 Å². The predicted molar refractivity (Wildman–Crippen MR) is 47.4 cm³/mol. The summed E-state index contributed by atoms with van der Waals surface area (Å²) >= 11 is 0. The summed E-state index contributed by atoms with van der Waals surface area (Å²) < 4.78 is 5.43. The van der Waals surface area contributed by atoms with E-state index in [1.54, 1.807) is 12.3 Å². The Morgan fingerprint density at radius 1 is 1.69 bits per heavy atom. The van der Waals surface area contributed by atoms with Crippen LogP contribution in [0.2, 0.25) is 0 Å². The van der Waals surface area contributed by atoms with E-state index in [4.69, 9.17) is 10.5 Å². The number of fused-ring (bicyclic) bond motifs is 1. The van der Waals surface area contributed by atoms with Crippen molar-refractivity contribution in [2.24, 2.45) is 5.73 Å². The molecule has 0 saturated carbocycles. The number of nitrogens with two attached hydrogens (primary N) is 1. The van der Waals surface area contributed by atoms with Gasteiger partial charge in [0.1, 0.15) is 11.8 Å². The van der Waals surface area contributed by atoms with Crippen LogP contribution in [0.5, 0.6) is 0 Å². The number of nitrogens with one attached hydrogen (secondary N) is 1. The molecule has 2 aliphatic heterocycles. The molecule has 0 radical (unpaired) electrons. The summed E-state index contributed by atoms with van der Waals surface area (Å²) in [6.45, 7) is 1.92. The quantitative estimate of drug-likeness (QED) is 0.597. The standard InChI is InChI=1S/C9H12N2O2/c1-2-6-8(12)7-9(13-6)5(10)3-4-11-7/h3-4,6-7,11H,2,10H2,1H3. The van der Waals surface area contributed by atoms with E-state index >= 15 is 0 Å². The van der Waals surface area contributed by atoms with Crippen molar-refractivity contribution in [2.75, 3.05) is 0 Å². The van der Waals surface area contributed by atoms with Gasteiger partial charge in [0.2, 0.25) is 5.78 Å². The second-order valence-corrected chi connectivity index (χ2v) is 3.17. The Morgan fingerprint density at radius 3 is 3.08 bits per heavy atom. The summed E-state index contributed by atoms with van der Waals surface area (Å²) in [6.07, 6.45) is 3.75. The molecule has 2 rings (SSSR count). The van der Waals surface area contributed by atoms with Crippen LogP contribution in [-0.4, -0.2) is 17.9 Å². The molecular formula is C9H12N2O2. The molecule has 13 heavy (non-hydrogen) atoms. The minimum atomic E-state index is -0.352. The van der Waals surface area contributed by atoms with Crippen molar-refractivity contribution < 1.29 is 9.53 Å². The average molecular weight is 180 g/mol. The Balaban J connectivity index is 2.32. The summed E-state index contributed by atoms with van der Waals surface area (Å²) in [7, 11) is 0. The zero-order chi connectivity index (χ0) is 9.42. The van der Waals surface area contributed by atoms with E-state index in [-0.39, 0.29) is 17.9 Å². The summed E-state index contributed by atoms with van der Waals surface area (Å²) in [4.78, 5) is 11.6. The van der Waals surface area contributed by atoms with Crippen molar-refractivity contribution in [3.05, 3.63) is 23.7 Å². The third-order valence-electron chi connectivity index (χ3n) is 2.31. The number of dihydropyridines is 1. The molecule has 2 heterocycles. The van der Waals surface area contributed by atoms with Crippen molar-refractivity contribution in [3.63, 3.8) is 0 Å². The van der Waals surface area contributed by atoms with Gasteiger partial charge in [0, 0.05) is 0 Å². The number of ketones is 1. The van der Waals surface area contributed by atoms with E-state index in [0.29, 0.717) is 17.9 Å². The van der Waals surface area contributed by atoms with Gasteiger partial charge in [0.25, 0.3) is 0 Å². The smallest absolute Gasteiger partial charge is 0.203 e. The molecule has 4 nitrogen and oxygen atoms in total. The number of hydrogen-bond donors (Lipinski definition) is 2. The Hall–Kier alpha value is -1.45. The molecule has 1 saturated heterocycles. The summed E-state index contributed by atoms with van der Waals surface area (Å²) in [5.74, 6) is 0.657. The van der Waals surface area contributed by atoms with Gasteiger partial charge in [0.05, 0.1) is 5.70 Å². The highest BCUT2D eigenvalue weighted by molar-refractivity contribution is 5.93. The molecular weight excluding hydrogens is 168 g/mol. The SMILES string of the molecule is CCC1OC2=C(N)C=CNC2C1=O. The highest BCUT2D eigenvalue weighted by Crippen LogP contribution is 2.26. The van der Waals surface area contributed by atoms with Crippen molar-refractivity contribution >= 4 is 5.78 Å². The largest absolute Gasteiger partial charge is 0.482 e. The second kappa shape index (κ2) is 2.80. The lowest BCUT2D eigenvalue weighted by atomic mass is 10.1. The first kappa shape index (κ1) is 8.16. The van der Waals surface area contributed by atoms with Crippen LogP contribution < -0.4 is 11.1 Å². The Labute approximate surface area is 76.4 Å². The van der Waals surface area contributed by atoms with Gasteiger partial charge in [-0.3, -0.25) is 4.79 Å². The topological polar surface area (TPSA) is 64.3 Å². The molecule has 2 unspecified atom stereocenters. The number of hydrogen-bond acceptors (Lipinski definition) is 4. The average Bonchev–Trinajstić information content (AvgIpc) is 2.45. The van der Waals surface area contributed by atoms with Gasteiger partial charge in [-0.15, -0.1) is 0 Å². The normalized spacial score (nSPS) is 31.3. The third kappa shape index (κ3) is 1.09. The first-order valence-electron chi connectivity index (χ1n) is 4.36. The Morgan fingerprint density at radius 2 is 2.46 bits per heavy atom. The van der Waals surface area contributed by atoms with Crippen LogP contribution >= 0.6 is 0 Å². The predicted octanol–water partition coefficient (Wildman–Crippen LogP) is 0.0201. The van der Waals surface area contributed by atoms with Gasteiger partial charge in [-0.1, -0.05) is 6.92 Å². The summed E-state index contributed by atoms with van der Waals surface area (Å²) in [5.41, 5.74) is 6.22. The number of carbonyl (C=O) groups excluding carboxylic acids is 1. The first-order valence-corrected chi connectivity index (χ1v) is 4.36. The van der Waals surface area contributed by atoms with Gasteiger partial charge in [0.15, 0.2) is 6.10 Å². The van der Waals surface area contributed by atoms with Crippen LogP contribution in [0.3, 0.4) is 0 Å². The minimum absolute atomic E-state index is 0.0739. The number of carbonyl (C=O) groups is 1. The lowest BCUT2D eigenvalue weighted by Crippen LogP contribution is -2.35. The molecule has 0 aliphatic carbocycles. The van der Waals surface area contributed by atoms with Crippen molar-refractivity contribution in [1.82, 2.24) is 5.32 Å². The van der Waals surface area contributed by atoms with E-state index in [2.05, 4.69) is 5.32 Å². The molecule has 0 bridgehead atoms. The van der Waals surface area contributed by atoms with Crippen LogP contribution in [0.15, 0.2) is 23.7 Å². The maximum absolute atomic E-state index is 11.6. The zero-order valence-corrected chi connectivity index (χ0v) is 7.41. The molecule has 0 aromatic heterocycles. The molecule has 2 atom stereocenters. The molecule has 2 aliphatic rings. The van der Waals surface area contributed by atoms with Crippen molar-refractivity contribution in [1.29, 1.82) is 0 Å². The van der Waals surface area contributed by atoms with Crippen LogP contribution in [0, 0.1) is 0 Å². The fraction of sp³-hybridized carbons (Fsp3) is 0.444. The fourth-order valence-electron chi connectivity index (χ4n) is 1.59. The molecule has 0 aromatic carbocycles. The number of allylic oxidation sites excluding steroid dienone is 1. The minimum Gasteiger partial charge on any atom is -0.482 e. The summed E-state index contributed by atoms with van der Waals surface area (Å²) in [5, 5.41) is 2.93. The number of rotatable bonds is 1. The molecule has 4 heteroatoms. The Kier molecular flexibility index (Phi) is 1.76. The highest BCUT2D eigenvalue weighted by Gasteiger charge is 2.40. The first-order chi connectivity index (χ1) is 6.24.